The molecule has 116 valence electrons. The average Bonchev–Trinajstić information content (AvgIpc) is 2.87. The SMILES string of the molecule is COc1cc(C(F)(F)F)c(C2(C(=O)O)CCCC2)cc1Cl. The standard InChI is InChI=1S/C14H14ClF3O3/c1-21-11-7-9(14(16,17)18)8(6-10(11)15)13(12(19)20)4-2-3-5-13/h6-7H,2-5H2,1H3,(H,19,20). The van der Waals surface area contributed by atoms with Gasteiger partial charge in [-0.15, -0.1) is 0 Å². The third-order valence-electron chi connectivity index (χ3n) is 3.98. The molecule has 0 amide bonds. The lowest BCUT2D eigenvalue weighted by Crippen LogP contribution is -2.35. The van der Waals surface area contributed by atoms with E-state index < -0.39 is 23.1 Å². The second-order valence-electron chi connectivity index (χ2n) is 5.12. The third-order valence-corrected chi connectivity index (χ3v) is 4.27. The molecule has 0 bridgehead atoms. The summed E-state index contributed by atoms with van der Waals surface area (Å²) in [6.07, 6.45) is -3.17. The minimum atomic E-state index is -4.67. The van der Waals surface area contributed by atoms with Crippen molar-refractivity contribution < 1.29 is 27.8 Å². The third kappa shape index (κ3) is 2.69. The maximum absolute atomic E-state index is 13.3. The average molecular weight is 323 g/mol. The summed E-state index contributed by atoms with van der Waals surface area (Å²) < 4.78 is 44.7. The molecule has 1 fully saturated rings. The summed E-state index contributed by atoms with van der Waals surface area (Å²) >= 11 is 5.91. The second-order valence-corrected chi connectivity index (χ2v) is 5.53. The van der Waals surface area contributed by atoms with Gasteiger partial charge >= 0.3 is 12.1 Å². The number of carboxylic acid groups (broad SMARTS) is 1. The van der Waals surface area contributed by atoms with Crippen molar-refractivity contribution >= 4 is 17.6 Å². The van der Waals surface area contributed by atoms with E-state index in [0.29, 0.717) is 12.8 Å². The molecule has 0 radical (unpaired) electrons. The van der Waals surface area contributed by atoms with Crippen molar-refractivity contribution in [2.45, 2.75) is 37.3 Å². The highest BCUT2D eigenvalue weighted by atomic mass is 35.5. The molecule has 1 N–H and O–H groups in total. The normalized spacial score (nSPS) is 17.8. The number of alkyl halides is 3. The van der Waals surface area contributed by atoms with E-state index in [2.05, 4.69) is 0 Å². The minimum Gasteiger partial charge on any atom is -0.495 e. The number of hydrogen-bond acceptors (Lipinski definition) is 2. The predicted molar refractivity (Wildman–Crippen MR) is 70.8 cm³/mol. The summed E-state index contributed by atoms with van der Waals surface area (Å²) in [5.41, 5.74) is -2.79. The molecule has 1 aliphatic rings. The summed E-state index contributed by atoms with van der Waals surface area (Å²) in [7, 11) is 1.21. The van der Waals surface area contributed by atoms with Crippen LogP contribution >= 0.6 is 11.6 Å². The van der Waals surface area contributed by atoms with Gasteiger partial charge in [-0.25, -0.2) is 0 Å². The Kier molecular flexibility index (Phi) is 4.10. The molecule has 0 aromatic heterocycles. The number of aliphatic carboxylic acids is 1. The van der Waals surface area contributed by atoms with Crippen LogP contribution in [0.1, 0.15) is 36.8 Å². The second kappa shape index (κ2) is 5.40. The molecule has 1 aromatic rings. The number of methoxy groups -OCH3 is 1. The maximum atomic E-state index is 13.3. The monoisotopic (exact) mass is 322 g/mol. The molecule has 0 atom stereocenters. The van der Waals surface area contributed by atoms with Crippen LogP contribution in [-0.2, 0) is 16.4 Å². The molecule has 21 heavy (non-hydrogen) atoms. The summed E-state index contributed by atoms with van der Waals surface area (Å²) in [4.78, 5) is 11.6. The van der Waals surface area contributed by atoms with Crippen LogP contribution in [0.5, 0.6) is 5.75 Å². The van der Waals surface area contributed by atoms with E-state index >= 15 is 0 Å². The van der Waals surface area contributed by atoms with E-state index in [0.717, 1.165) is 12.1 Å². The van der Waals surface area contributed by atoms with Gasteiger partial charge in [0.2, 0.25) is 0 Å². The Labute approximate surface area is 124 Å². The molecule has 0 aliphatic heterocycles. The van der Waals surface area contributed by atoms with Crippen molar-refractivity contribution in [2.75, 3.05) is 7.11 Å². The molecule has 0 spiro atoms. The van der Waals surface area contributed by atoms with Gasteiger partial charge in [-0.3, -0.25) is 4.79 Å². The highest BCUT2D eigenvalue weighted by Gasteiger charge is 2.48. The van der Waals surface area contributed by atoms with Crippen LogP contribution in [0.3, 0.4) is 0 Å². The van der Waals surface area contributed by atoms with Gasteiger partial charge in [0.15, 0.2) is 0 Å². The Balaban J connectivity index is 2.72. The molecule has 1 aromatic carbocycles. The van der Waals surface area contributed by atoms with Gasteiger partial charge in [0.05, 0.1) is 23.1 Å². The van der Waals surface area contributed by atoms with Crippen LogP contribution in [0, 0.1) is 0 Å². The topological polar surface area (TPSA) is 46.5 Å². The highest BCUT2D eigenvalue weighted by Crippen LogP contribution is 2.48. The van der Waals surface area contributed by atoms with Crippen molar-refractivity contribution in [3.63, 3.8) is 0 Å². The predicted octanol–water partition coefficient (Wildman–Crippen LogP) is 4.26. The van der Waals surface area contributed by atoms with Crippen LogP contribution in [-0.4, -0.2) is 18.2 Å². The molecule has 1 saturated carbocycles. The molecule has 2 rings (SSSR count). The first-order chi connectivity index (χ1) is 9.72. The fourth-order valence-corrected chi connectivity index (χ4v) is 3.16. The summed E-state index contributed by atoms with van der Waals surface area (Å²) in [6, 6.07) is 1.86. The molecule has 1 aliphatic carbocycles. The van der Waals surface area contributed by atoms with Crippen molar-refractivity contribution in [3.8, 4) is 5.75 Å². The van der Waals surface area contributed by atoms with E-state index in [-0.39, 0.29) is 29.2 Å². The van der Waals surface area contributed by atoms with E-state index in [1.807, 2.05) is 0 Å². The largest absolute Gasteiger partial charge is 0.495 e. The van der Waals surface area contributed by atoms with Gasteiger partial charge in [-0.05, 0) is 30.5 Å². The first-order valence-electron chi connectivity index (χ1n) is 6.41. The smallest absolute Gasteiger partial charge is 0.416 e. The molecule has 7 heteroatoms. The Morgan fingerprint density at radius 1 is 1.33 bits per heavy atom. The van der Waals surface area contributed by atoms with Crippen molar-refractivity contribution in [1.82, 2.24) is 0 Å². The lowest BCUT2D eigenvalue weighted by atomic mass is 9.76. The van der Waals surface area contributed by atoms with Crippen LogP contribution in [0.2, 0.25) is 5.02 Å². The van der Waals surface area contributed by atoms with Crippen LogP contribution in [0.25, 0.3) is 0 Å². The van der Waals surface area contributed by atoms with Gasteiger partial charge in [0.1, 0.15) is 5.75 Å². The number of rotatable bonds is 3. The summed E-state index contributed by atoms with van der Waals surface area (Å²) in [6.45, 7) is 0. The van der Waals surface area contributed by atoms with Gasteiger partial charge < -0.3 is 9.84 Å². The van der Waals surface area contributed by atoms with Gasteiger partial charge in [0, 0.05) is 0 Å². The zero-order chi connectivity index (χ0) is 15.8. The maximum Gasteiger partial charge on any atom is 0.416 e. The molecule has 3 nitrogen and oxygen atoms in total. The highest BCUT2D eigenvalue weighted by molar-refractivity contribution is 6.32. The molecule has 0 unspecified atom stereocenters. The number of halogens is 4. The van der Waals surface area contributed by atoms with Crippen molar-refractivity contribution in [2.24, 2.45) is 0 Å². The summed E-state index contributed by atoms with van der Waals surface area (Å²) in [5, 5.41) is 9.46. The first-order valence-corrected chi connectivity index (χ1v) is 6.79. The van der Waals surface area contributed by atoms with Crippen molar-refractivity contribution in [1.29, 1.82) is 0 Å². The van der Waals surface area contributed by atoms with E-state index in [1.54, 1.807) is 0 Å². The quantitative estimate of drug-likeness (QED) is 0.904. The fraction of sp³-hybridized carbons (Fsp3) is 0.500. The van der Waals surface area contributed by atoms with Gasteiger partial charge in [0.25, 0.3) is 0 Å². The number of hydrogen-bond donors (Lipinski definition) is 1. The van der Waals surface area contributed by atoms with Gasteiger partial charge in [-0.1, -0.05) is 24.4 Å². The van der Waals surface area contributed by atoms with Crippen molar-refractivity contribution in [3.05, 3.63) is 28.3 Å². The molecular weight excluding hydrogens is 309 g/mol. The Bertz CT molecular complexity index is 563. The molecule has 0 heterocycles. The van der Waals surface area contributed by atoms with E-state index in [1.165, 1.54) is 7.11 Å². The van der Waals surface area contributed by atoms with Crippen LogP contribution in [0.4, 0.5) is 13.2 Å². The summed E-state index contributed by atoms with van der Waals surface area (Å²) in [5.74, 6) is -1.36. The first kappa shape index (κ1) is 15.9. The Morgan fingerprint density at radius 3 is 2.33 bits per heavy atom. The lowest BCUT2D eigenvalue weighted by molar-refractivity contribution is -0.146. The molecular formula is C14H14ClF3O3. The number of carbonyl (C=O) groups is 1. The Morgan fingerprint density at radius 2 is 1.90 bits per heavy atom. The van der Waals surface area contributed by atoms with Gasteiger partial charge in [-0.2, -0.15) is 13.2 Å². The lowest BCUT2D eigenvalue weighted by Gasteiger charge is -2.28. The van der Waals surface area contributed by atoms with E-state index in [4.69, 9.17) is 16.3 Å². The van der Waals surface area contributed by atoms with E-state index in [9.17, 15) is 23.1 Å². The van der Waals surface area contributed by atoms with Crippen LogP contribution in [0.15, 0.2) is 12.1 Å². The number of benzene rings is 1. The fourth-order valence-electron chi connectivity index (χ4n) is 2.92. The van der Waals surface area contributed by atoms with Crippen LogP contribution < -0.4 is 4.74 Å². The zero-order valence-electron chi connectivity index (χ0n) is 11.3. The Hall–Kier alpha value is -1.43. The number of carboxylic acids is 1. The molecule has 0 saturated heterocycles. The zero-order valence-corrected chi connectivity index (χ0v) is 12.0. The minimum absolute atomic E-state index is 0.0203. The number of ether oxygens (including phenoxy) is 1.